The van der Waals surface area contributed by atoms with Crippen molar-refractivity contribution in [3.8, 4) is 11.5 Å². The second-order valence-corrected chi connectivity index (χ2v) is 3.63. The summed E-state index contributed by atoms with van der Waals surface area (Å²) in [5.74, 6) is -1.63. The van der Waals surface area contributed by atoms with E-state index < -0.39 is 35.0 Å². The number of anilines is 1. The van der Waals surface area contributed by atoms with E-state index in [4.69, 9.17) is 5.73 Å². The van der Waals surface area contributed by atoms with E-state index in [1.165, 1.54) is 6.07 Å². The van der Waals surface area contributed by atoms with E-state index in [0.717, 1.165) is 12.1 Å². The molecule has 10 heteroatoms. The monoisotopic (exact) mass is 288 g/mol. The molecule has 0 unspecified atom stereocenters. The van der Waals surface area contributed by atoms with Crippen LogP contribution in [0.15, 0.2) is 27.4 Å². The number of amides is 2. The van der Waals surface area contributed by atoms with E-state index in [9.17, 15) is 22.8 Å². The Bertz CT molecular complexity index is 704. The SMILES string of the molecule is NC(=O)Nc1cccc(C(F)(F)F)c1-c1n[nH]c(=O)o1. The van der Waals surface area contributed by atoms with Gasteiger partial charge in [-0.2, -0.15) is 13.2 Å². The molecule has 0 fully saturated rings. The quantitative estimate of drug-likeness (QED) is 0.777. The zero-order chi connectivity index (χ0) is 14.9. The van der Waals surface area contributed by atoms with Gasteiger partial charge in [-0.05, 0) is 12.1 Å². The van der Waals surface area contributed by atoms with Crippen molar-refractivity contribution < 1.29 is 22.4 Å². The lowest BCUT2D eigenvalue weighted by Gasteiger charge is -2.14. The number of nitrogens with two attached hydrogens (primary N) is 1. The number of carbonyl (C=O) groups is 1. The van der Waals surface area contributed by atoms with Crippen molar-refractivity contribution in [2.75, 3.05) is 5.32 Å². The standard InChI is InChI=1S/C10H7F3N4O3/c11-10(12,13)4-2-1-3-5(15-8(14)18)6(4)7-16-17-9(19)20-7/h1-3H,(H,17,19)(H3,14,15,18). The van der Waals surface area contributed by atoms with Gasteiger partial charge in [0.2, 0.25) is 0 Å². The molecule has 0 radical (unpaired) electrons. The number of nitrogens with zero attached hydrogens (tertiary/aromatic N) is 1. The molecular weight excluding hydrogens is 281 g/mol. The highest BCUT2D eigenvalue weighted by Gasteiger charge is 2.36. The Hall–Kier alpha value is -2.78. The summed E-state index contributed by atoms with van der Waals surface area (Å²) in [7, 11) is 0. The Kier molecular flexibility index (Phi) is 3.22. The molecule has 2 amide bonds. The largest absolute Gasteiger partial charge is 0.434 e. The van der Waals surface area contributed by atoms with Gasteiger partial charge in [0.1, 0.15) is 0 Å². The molecule has 1 heterocycles. The number of urea groups is 1. The third-order valence-corrected chi connectivity index (χ3v) is 2.28. The van der Waals surface area contributed by atoms with Gasteiger partial charge in [-0.1, -0.05) is 6.07 Å². The van der Waals surface area contributed by atoms with Crippen LogP contribution < -0.4 is 16.8 Å². The number of aromatic nitrogens is 2. The first-order valence-electron chi connectivity index (χ1n) is 5.11. The fourth-order valence-corrected chi connectivity index (χ4v) is 1.59. The molecule has 106 valence electrons. The molecule has 4 N–H and O–H groups in total. The number of primary amides is 1. The van der Waals surface area contributed by atoms with Crippen molar-refractivity contribution in [1.82, 2.24) is 10.2 Å². The van der Waals surface area contributed by atoms with Crippen molar-refractivity contribution >= 4 is 11.7 Å². The first-order chi connectivity index (χ1) is 9.29. The molecule has 0 atom stereocenters. The summed E-state index contributed by atoms with van der Waals surface area (Å²) in [6.45, 7) is 0. The molecule has 0 saturated heterocycles. The Morgan fingerprint density at radius 2 is 2.10 bits per heavy atom. The van der Waals surface area contributed by atoms with Crippen molar-refractivity contribution in [3.05, 3.63) is 34.3 Å². The molecule has 7 nitrogen and oxygen atoms in total. The molecule has 0 aliphatic carbocycles. The molecule has 0 aliphatic rings. The number of halogens is 3. The Morgan fingerprint density at radius 1 is 1.40 bits per heavy atom. The fourth-order valence-electron chi connectivity index (χ4n) is 1.59. The van der Waals surface area contributed by atoms with Gasteiger partial charge in [-0.3, -0.25) is 0 Å². The Labute approximate surface area is 108 Å². The van der Waals surface area contributed by atoms with Crippen LogP contribution >= 0.6 is 0 Å². The van der Waals surface area contributed by atoms with Crippen LogP contribution in [0.2, 0.25) is 0 Å². The van der Waals surface area contributed by atoms with Crippen LogP contribution in [-0.2, 0) is 6.18 Å². The van der Waals surface area contributed by atoms with E-state index in [-0.39, 0.29) is 5.69 Å². The van der Waals surface area contributed by atoms with E-state index in [1.807, 2.05) is 10.4 Å². The van der Waals surface area contributed by atoms with Crippen molar-refractivity contribution in [3.63, 3.8) is 0 Å². The lowest BCUT2D eigenvalue weighted by Crippen LogP contribution is -2.20. The van der Waals surface area contributed by atoms with Crippen LogP contribution in [0, 0.1) is 0 Å². The first-order valence-corrected chi connectivity index (χ1v) is 5.11. The van der Waals surface area contributed by atoms with Crippen molar-refractivity contribution in [2.45, 2.75) is 6.18 Å². The zero-order valence-corrected chi connectivity index (χ0v) is 9.62. The van der Waals surface area contributed by atoms with Crippen molar-refractivity contribution in [1.29, 1.82) is 0 Å². The summed E-state index contributed by atoms with van der Waals surface area (Å²) in [4.78, 5) is 21.7. The minimum absolute atomic E-state index is 0.275. The summed E-state index contributed by atoms with van der Waals surface area (Å²) in [6.07, 6.45) is -4.73. The van der Waals surface area contributed by atoms with Crippen molar-refractivity contribution in [2.24, 2.45) is 5.73 Å². The van der Waals surface area contributed by atoms with E-state index in [2.05, 4.69) is 9.52 Å². The number of alkyl halides is 3. The van der Waals surface area contributed by atoms with Gasteiger partial charge >= 0.3 is 18.0 Å². The molecule has 20 heavy (non-hydrogen) atoms. The number of benzene rings is 1. The lowest BCUT2D eigenvalue weighted by molar-refractivity contribution is -0.137. The highest BCUT2D eigenvalue weighted by molar-refractivity contribution is 5.93. The predicted molar refractivity (Wildman–Crippen MR) is 60.8 cm³/mol. The summed E-state index contributed by atoms with van der Waals surface area (Å²) in [5.41, 5.74) is 2.90. The predicted octanol–water partition coefficient (Wildman–Crippen LogP) is 1.54. The average molecular weight is 288 g/mol. The van der Waals surface area contributed by atoms with Gasteiger partial charge in [-0.25, -0.2) is 14.7 Å². The van der Waals surface area contributed by atoms with Gasteiger partial charge in [-0.15, -0.1) is 5.10 Å². The maximum absolute atomic E-state index is 13.0. The molecular formula is C10H7F3N4O3. The van der Waals surface area contributed by atoms with E-state index in [1.54, 1.807) is 0 Å². The average Bonchev–Trinajstić information content (AvgIpc) is 2.73. The molecule has 1 aromatic heterocycles. The van der Waals surface area contributed by atoms with Crippen LogP contribution in [-0.4, -0.2) is 16.2 Å². The molecule has 2 rings (SSSR count). The van der Waals surface area contributed by atoms with Crippen LogP contribution in [0.4, 0.5) is 23.7 Å². The number of H-pyrrole nitrogens is 1. The number of hydrogen-bond acceptors (Lipinski definition) is 4. The van der Waals surface area contributed by atoms with Gasteiger partial charge in [0.05, 0.1) is 16.8 Å². The second-order valence-electron chi connectivity index (χ2n) is 3.63. The summed E-state index contributed by atoms with van der Waals surface area (Å²) >= 11 is 0. The normalized spacial score (nSPS) is 11.3. The van der Waals surface area contributed by atoms with Crippen LogP contribution in [0.1, 0.15) is 5.56 Å². The highest BCUT2D eigenvalue weighted by Crippen LogP contribution is 2.39. The van der Waals surface area contributed by atoms with E-state index in [0.29, 0.717) is 0 Å². The topological polar surface area (TPSA) is 114 Å². The molecule has 0 spiro atoms. The smallest absolute Gasteiger partial charge is 0.388 e. The molecule has 0 aliphatic heterocycles. The van der Waals surface area contributed by atoms with Crippen LogP contribution in [0.5, 0.6) is 0 Å². The summed E-state index contributed by atoms with van der Waals surface area (Å²) in [6, 6.07) is 1.94. The molecule has 0 saturated carbocycles. The Balaban J connectivity index is 2.71. The highest BCUT2D eigenvalue weighted by atomic mass is 19.4. The number of aromatic amines is 1. The number of rotatable bonds is 2. The first kappa shape index (κ1) is 13.6. The fraction of sp³-hybridized carbons (Fsp3) is 0.100. The number of nitrogens with one attached hydrogen (secondary N) is 2. The maximum Gasteiger partial charge on any atom is 0.434 e. The van der Waals surface area contributed by atoms with Crippen LogP contribution in [0.25, 0.3) is 11.5 Å². The van der Waals surface area contributed by atoms with Gasteiger partial charge in [0.15, 0.2) is 0 Å². The minimum atomic E-state index is -4.73. The van der Waals surface area contributed by atoms with Gasteiger partial charge in [0, 0.05) is 0 Å². The summed E-state index contributed by atoms with van der Waals surface area (Å²) < 4.78 is 43.4. The molecule has 2 aromatic rings. The third kappa shape index (κ3) is 2.63. The van der Waals surface area contributed by atoms with Gasteiger partial charge < -0.3 is 15.5 Å². The third-order valence-electron chi connectivity index (χ3n) is 2.28. The number of carbonyl (C=O) groups excluding carboxylic acids is 1. The lowest BCUT2D eigenvalue weighted by atomic mass is 10.0. The molecule has 0 bridgehead atoms. The zero-order valence-electron chi connectivity index (χ0n) is 9.62. The summed E-state index contributed by atoms with van der Waals surface area (Å²) in [5, 5.41) is 7.19. The minimum Gasteiger partial charge on any atom is -0.388 e. The maximum atomic E-state index is 13.0. The van der Waals surface area contributed by atoms with Gasteiger partial charge in [0.25, 0.3) is 5.89 Å². The number of hydrogen-bond donors (Lipinski definition) is 3. The molecule has 1 aromatic carbocycles. The van der Waals surface area contributed by atoms with Crippen LogP contribution in [0.3, 0.4) is 0 Å². The second kappa shape index (κ2) is 4.72. The van der Waals surface area contributed by atoms with E-state index >= 15 is 0 Å². The Morgan fingerprint density at radius 3 is 2.60 bits per heavy atom.